The summed E-state index contributed by atoms with van der Waals surface area (Å²) in [6.07, 6.45) is 5.42. The Morgan fingerprint density at radius 3 is 3.16 bits per heavy atom. The van der Waals surface area contributed by atoms with E-state index < -0.39 is 0 Å². The number of hydrogen-bond donors (Lipinski definition) is 2. The van der Waals surface area contributed by atoms with E-state index in [1.165, 1.54) is 0 Å². The summed E-state index contributed by atoms with van der Waals surface area (Å²) in [6.45, 7) is 3.02. The van der Waals surface area contributed by atoms with Crippen molar-refractivity contribution in [2.75, 3.05) is 13.2 Å². The molecule has 0 aliphatic carbocycles. The Kier molecular flexibility index (Phi) is 4.90. The Balaban J connectivity index is 2.00. The number of aliphatic hydroxyl groups excluding tert-OH is 1. The first kappa shape index (κ1) is 14.0. The molecule has 106 valence electrons. The van der Waals surface area contributed by atoms with Gasteiger partial charge in [0.1, 0.15) is 5.82 Å². The molecule has 2 heterocycles. The van der Waals surface area contributed by atoms with E-state index in [1.54, 1.807) is 0 Å². The molecule has 0 bridgehead atoms. The van der Waals surface area contributed by atoms with Crippen molar-refractivity contribution in [1.82, 2.24) is 20.1 Å². The Hall–Kier alpha value is -1.43. The third-order valence-corrected chi connectivity index (χ3v) is 3.54. The summed E-state index contributed by atoms with van der Waals surface area (Å²) in [7, 11) is 0. The molecule has 0 saturated carbocycles. The fraction of sp³-hybridized carbons (Fsp3) is 0.769. The normalized spacial score (nSPS) is 19.1. The Morgan fingerprint density at radius 2 is 2.42 bits per heavy atom. The second kappa shape index (κ2) is 6.65. The molecule has 0 spiro atoms. The number of aromatic nitrogens is 3. The van der Waals surface area contributed by atoms with Crippen LogP contribution in [0.3, 0.4) is 0 Å². The van der Waals surface area contributed by atoms with Gasteiger partial charge in [0.15, 0.2) is 0 Å². The van der Waals surface area contributed by atoms with Crippen LogP contribution in [-0.4, -0.2) is 50.3 Å². The van der Waals surface area contributed by atoms with Crippen molar-refractivity contribution in [2.24, 2.45) is 0 Å². The molecule has 1 fully saturated rings. The van der Waals surface area contributed by atoms with Crippen LogP contribution in [0.5, 0.6) is 0 Å². The number of nitrogens with zero attached hydrogens (tertiary/aromatic N) is 3. The van der Waals surface area contributed by atoms with Crippen LogP contribution in [-0.2, 0) is 6.42 Å². The first-order valence-corrected chi connectivity index (χ1v) is 7.09. The van der Waals surface area contributed by atoms with Gasteiger partial charge in [-0.1, -0.05) is 6.92 Å². The maximum atomic E-state index is 12.4. The van der Waals surface area contributed by atoms with Crippen molar-refractivity contribution in [3.8, 4) is 0 Å². The van der Waals surface area contributed by atoms with Gasteiger partial charge in [0.2, 0.25) is 5.82 Å². The van der Waals surface area contributed by atoms with Crippen LogP contribution >= 0.6 is 0 Å². The fourth-order valence-electron chi connectivity index (χ4n) is 2.60. The second-order valence-corrected chi connectivity index (χ2v) is 5.02. The number of rotatable bonds is 6. The predicted octanol–water partition coefficient (Wildman–Crippen LogP) is 1.13. The van der Waals surface area contributed by atoms with Gasteiger partial charge < -0.3 is 10.0 Å². The minimum atomic E-state index is -0.0842. The van der Waals surface area contributed by atoms with Crippen molar-refractivity contribution in [2.45, 2.75) is 51.5 Å². The number of likely N-dealkylation sites (tertiary alicyclic amines) is 1. The molecule has 1 aromatic rings. The monoisotopic (exact) mass is 266 g/mol. The zero-order valence-electron chi connectivity index (χ0n) is 11.4. The van der Waals surface area contributed by atoms with Crippen LogP contribution in [0.25, 0.3) is 0 Å². The molecule has 2 rings (SSSR count). The summed E-state index contributed by atoms with van der Waals surface area (Å²) in [5.74, 6) is 0.968. The van der Waals surface area contributed by atoms with Crippen LogP contribution in [0.2, 0.25) is 0 Å². The topological polar surface area (TPSA) is 82.1 Å². The Morgan fingerprint density at radius 1 is 1.58 bits per heavy atom. The molecule has 6 nitrogen and oxygen atoms in total. The summed E-state index contributed by atoms with van der Waals surface area (Å²) in [5.41, 5.74) is 0. The van der Waals surface area contributed by atoms with Crippen LogP contribution in [0.4, 0.5) is 0 Å². The van der Waals surface area contributed by atoms with Gasteiger partial charge in [-0.05, 0) is 32.1 Å². The first-order valence-electron chi connectivity index (χ1n) is 7.09. The van der Waals surface area contributed by atoms with Crippen molar-refractivity contribution in [1.29, 1.82) is 0 Å². The molecule has 1 amide bonds. The molecular formula is C13H22N4O2. The third kappa shape index (κ3) is 3.32. The molecule has 0 aromatic carbocycles. The van der Waals surface area contributed by atoms with Crippen molar-refractivity contribution in [3.63, 3.8) is 0 Å². The number of aryl methyl sites for hydroxylation is 1. The lowest BCUT2D eigenvalue weighted by molar-refractivity contribution is 0.0712. The van der Waals surface area contributed by atoms with Crippen LogP contribution < -0.4 is 0 Å². The first-order chi connectivity index (χ1) is 9.26. The van der Waals surface area contributed by atoms with Gasteiger partial charge >= 0.3 is 0 Å². The van der Waals surface area contributed by atoms with Gasteiger partial charge in [-0.15, -0.1) is 5.10 Å². The summed E-state index contributed by atoms with van der Waals surface area (Å²) in [4.78, 5) is 18.5. The molecule has 0 radical (unpaired) electrons. The highest BCUT2D eigenvalue weighted by molar-refractivity contribution is 5.90. The van der Waals surface area contributed by atoms with E-state index in [-0.39, 0.29) is 24.4 Å². The lowest BCUT2D eigenvalue weighted by Gasteiger charge is -2.23. The standard InChI is InChI=1S/C13H22N4O2/c1-2-5-11-14-12(16-15-11)13(19)17-8-3-6-10(17)7-4-9-18/h10,18H,2-9H2,1H3,(H,14,15,16). The predicted molar refractivity (Wildman–Crippen MR) is 70.8 cm³/mol. The highest BCUT2D eigenvalue weighted by atomic mass is 16.3. The molecule has 1 aliphatic heterocycles. The summed E-state index contributed by atoms with van der Waals surface area (Å²) in [5, 5.41) is 15.7. The number of carbonyl (C=O) groups is 1. The van der Waals surface area contributed by atoms with E-state index in [9.17, 15) is 4.79 Å². The zero-order valence-corrected chi connectivity index (χ0v) is 11.4. The lowest BCUT2D eigenvalue weighted by atomic mass is 10.1. The molecule has 1 aliphatic rings. The van der Waals surface area contributed by atoms with Crippen molar-refractivity contribution < 1.29 is 9.90 Å². The van der Waals surface area contributed by atoms with Crippen LogP contribution in [0.1, 0.15) is 55.5 Å². The molecule has 1 atom stereocenters. The maximum Gasteiger partial charge on any atom is 0.293 e. The van der Waals surface area contributed by atoms with Gasteiger partial charge in [0.25, 0.3) is 5.91 Å². The highest BCUT2D eigenvalue weighted by Crippen LogP contribution is 2.22. The number of carbonyl (C=O) groups excluding carboxylic acids is 1. The maximum absolute atomic E-state index is 12.4. The minimum Gasteiger partial charge on any atom is -0.396 e. The van der Waals surface area contributed by atoms with Crippen LogP contribution in [0.15, 0.2) is 0 Å². The quantitative estimate of drug-likeness (QED) is 0.808. The van der Waals surface area contributed by atoms with Crippen LogP contribution in [0, 0.1) is 0 Å². The second-order valence-electron chi connectivity index (χ2n) is 5.02. The van der Waals surface area contributed by atoms with Crippen molar-refractivity contribution in [3.05, 3.63) is 11.6 Å². The smallest absolute Gasteiger partial charge is 0.293 e. The molecule has 2 N–H and O–H groups in total. The highest BCUT2D eigenvalue weighted by Gasteiger charge is 2.30. The average Bonchev–Trinajstić information content (AvgIpc) is 3.04. The molecule has 6 heteroatoms. The van der Waals surface area contributed by atoms with Gasteiger partial charge in [-0.25, -0.2) is 4.98 Å². The number of aromatic amines is 1. The van der Waals surface area contributed by atoms with Gasteiger partial charge in [-0.2, -0.15) is 0 Å². The third-order valence-electron chi connectivity index (χ3n) is 3.54. The molecular weight excluding hydrogens is 244 g/mol. The number of H-pyrrole nitrogens is 1. The van der Waals surface area contributed by atoms with E-state index in [2.05, 4.69) is 22.1 Å². The molecule has 1 saturated heterocycles. The minimum absolute atomic E-state index is 0.0842. The fourth-order valence-corrected chi connectivity index (χ4v) is 2.60. The van der Waals surface area contributed by atoms with E-state index in [0.29, 0.717) is 0 Å². The van der Waals surface area contributed by atoms with Gasteiger partial charge in [-0.3, -0.25) is 9.89 Å². The van der Waals surface area contributed by atoms with Crippen molar-refractivity contribution >= 4 is 5.91 Å². The zero-order chi connectivity index (χ0) is 13.7. The van der Waals surface area contributed by atoms with Gasteiger partial charge in [0.05, 0.1) is 0 Å². The van der Waals surface area contributed by atoms with E-state index in [4.69, 9.17) is 5.11 Å². The lowest BCUT2D eigenvalue weighted by Crippen LogP contribution is -2.36. The summed E-state index contributed by atoms with van der Waals surface area (Å²) >= 11 is 0. The average molecular weight is 266 g/mol. The number of aliphatic hydroxyl groups is 1. The summed E-state index contributed by atoms with van der Waals surface area (Å²) < 4.78 is 0. The van der Waals surface area contributed by atoms with Gasteiger partial charge in [0, 0.05) is 25.6 Å². The van der Waals surface area contributed by atoms with E-state index in [0.717, 1.165) is 50.9 Å². The number of nitrogens with one attached hydrogen (secondary N) is 1. The van der Waals surface area contributed by atoms with E-state index >= 15 is 0 Å². The number of amides is 1. The Bertz CT molecular complexity index is 419. The van der Waals surface area contributed by atoms with E-state index in [1.807, 2.05) is 4.90 Å². The summed E-state index contributed by atoms with van der Waals surface area (Å²) in [6, 6.07) is 0.229. The SMILES string of the molecule is CCCc1nc(C(=O)N2CCCC2CCCO)n[nH]1. The molecule has 1 aromatic heterocycles. The molecule has 19 heavy (non-hydrogen) atoms. The largest absolute Gasteiger partial charge is 0.396 e. The molecule has 1 unspecified atom stereocenters. The Labute approximate surface area is 113 Å². The number of hydrogen-bond acceptors (Lipinski definition) is 4.